The van der Waals surface area contributed by atoms with Crippen molar-refractivity contribution in [1.29, 1.82) is 0 Å². The van der Waals surface area contributed by atoms with Gasteiger partial charge in [0.2, 0.25) is 0 Å². The highest BCUT2D eigenvalue weighted by atomic mass is 16.5. The number of benzene rings is 2. The van der Waals surface area contributed by atoms with Gasteiger partial charge < -0.3 is 24.4 Å². The molecule has 0 aromatic heterocycles. The van der Waals surface area contributed by atoms with Crippen LogP contribution in [0.1, 0.15) is 30.6 Å². The standard InChI is InChI=1S/C18H22O5/c1-18(20)8-11-5-10-6-12(21-2)7-14(22-3)16(10)17(23-4)15(11)13(19)9-18/h5-7,13,19-20H,8-9H2,1-4H3/t13-,18-/m0/s1. The molecule has 5 heteroatoms. The van der Waals surface area contributed by atoms with E-state index in [1.165, 1.54) is 0 Å². The largest absolute Gasteiger partial charge is 0.497 e. The van der Waals surface area contributed by atoms with E-state index >= 15 is 0 Å². The third kappa shape index (κ3) is 2.60. The van der Waals surface area contributed by atoms with Gasteiger partial charge in [0.15, 0.2) is 0 Å². The van der Waals surface area contributed by atoms with E-state index in [1.807, 2.05) is 12.1 Å². The van der Waals surface area contributed by atoms with Crippen molar-refractivity contribution in [2.75, 3.05) is 21.3 Å². The maximum atomic E-state index is 10.5. The number of rotatable bonds is 3. The Labute approximate surface area is 135 Å². The molecule has 0 unspecified atom stereocenters. The fourth-order valence-electron chi connectivity index (χ4n) is 3.52. The second kappa shape index (κ2) is 5.58. The first-order valence-electron chi connectivity index (χ1n) is 7.56. The summed E-state index contributed by atoms with van der Waals surface area (Å²) in [5.74, 6) is 1.91. The van der Waals surface area contributed by atoms with Gasteiger partial charge in [0.1, 0.15) is 17.2 Å². The summed E-state index contributed by atoms with van der Waals surface area (Å²) in [4.78, 5) is 0. The molecule has 0 radical (unpaired) electrons. The molecule has 0 amide bonds. The third-order valence-electron chi connectivity index (χ3n) is 4.45. The van der Waals surface area contributed by atoms with Crippen molar-refractivity contribution >= 4 is 10.8 Å². The smallest absolute Gasteiger partial charge is 0.136 e. The van der Waals surface area contributed by atoms with Crippen LogP contribution in [0.3, 0.4) is 0 Å². The molecule has 0 spiro atoms. The Kier molecular flexibility index (Phi) is 3.86. The Morgan fingerprint density at radius 2 is 1.83 bits per heavy atom. The molecule has 124 valence electrons. The van der Waals surface area contributed by atoms with E-state index in [-0.39, 0.29) is 6.42 Å². The Morgan fingerprint density at radius 1 is 1.09 bits per heavy atom. The van der Waals surface area contributed by atoms with Gasteiger partial charge in [-0.3, -0.25) is 0 Å². The van der Waals surface area contributed by atoms with Crippen LogP contribution in [0, 0.1) is 0 Å². The zero-order valence-corrected chi connectivity index (χ0v) is 13.8. The van der Waals surface area contributed by atoms with E-state index in [1.54, 1.807) is 34.3 Å². The molecule has 0 saturated carbocycles. The fourth-order valence-corrected chi connectivity index (χ4v) is 3.52. The molecule has 0 fully saturated rings. The van der Waals surface area contributed by atoms with Crippen LogP contribution in [-0.4, -0.2) is 37.1 Å². The quantitative estimate of drug-likeness (QED) is 0.910. The Bertz CT molecular complexity index is 751. The average Bonchev–Trinajstić information content (AvgIpc) is 2.50. The highest BCUT2D eigenvalue weighted by Crippen LogP contribution is 2.47. The zero-order valence-electron chi connectivity index (χ0n) is 13.8. The average molecular weight is 318 g/mol. The third-order valence-corrected chi connectivity index (χ3v) is 4.45. The molecule has 2 aromatic carbocycles. The van der Waals surface area contributed by atoms with Crippen molar-refractivity contribution in [3.63, 3.8) is 0 Å². The predicted molar refractivity (Wildman–Crippen MR) is 87.5 cm³/mol. The van der Waals surface area contributed by atoms with E-state index in [2.05, 4.69) is 0 Å². The second-order valence-electron chi connectivity index (χ2n) is 6.30. The van der Waals surface area contributed by atoms with Crippen LogP contribution in [0.25, 0.3) is 10.8 Å². The first kappa shape index (κ1) is 15.9. The fraction of sp³-hybridized carbons (Fsp3) is 0.444. The molecule has 23 heavy (non-hydrogen) atoms. The lowest BCUT2D eigenvalue weighted by Gasteiger charge is -2.34. The lowest BCUT2D eigenvalue weighted by Crippen LogP contribution is -2.34. The van der Waals surface area contributed by atoms with Gasteiger partial charge in [-0.05, 0) is 23.9 Å². The van der Waals surface area contributed by atoms with Crippen LogP contribution >= 0.6 is 0 Å². The summed E-state index contributed by atoms with van der Waals surface area (Å²) < 4.78 is 16.4. The van der Waals surface area contributed by atoms with Gasteiger partial charge in [-0.1, -0.05) is 6.07 Å². The number of hydrogen-bond acceptors (Lipinski definition) is 5. The lowest BCUT2D eigenvalue weighted by molar-refractivity contribution is -0.00814. The van der Waals surface area contributed by atoms with Crippen LogP contribution in [0.15, 0.2) is 18.2 Å². The van der Waals surface area contributed by atoms with Crippen molar-refractivity contribution in [3.05, 3.63) is 29.3 Å². The molecular weight excluding hydrogens is 296 g/mol. The van der Waals surface area contributed by atoms with Gasteiger partial charge in [-0.15, -0.1) is 0 Å². The molecular formula is C18H22O5. The van der Waals surface area contributed by atoms with Crippen molar-refractivity contribution in [3.8, 4) is 17.2 Å². The number of fused-ring (bicyclic) bond motifs is 2. The Morgan fingerprint density at radius 3 is 2.43 bits per heavy atom. The topological polar surface area (TPSA) is 68.2 Å². The molecule has 5 nitrogen and oxygen atoms in total. The SMILES string of the molecule is COc1cc(OC)c2c(OC)c3c(cc2c1)C[C@](C)(O)C[C@@H]3O. The molecule has 3 rings (SSSR count). The summed E-state index contributed by atoms with van der Waals surface area (Å²) in [6.07, 6.45) is -0.0362. The van der Waals surface area contributed by atoms with Gasteiger partial charge in [-0.25, -0.2) is 0 Å². The number of hydrogen-bond donors (Lipinski definition) is 2. The molecule has 2 aromatic rings. The van der Waals surface area contributed by atoms with Gasteiger partial charge in [0.25, 0.3) is 0 Å². The summed E-state index contributed by atoms with van der Waals surface area (Å²) in [7, 11) is 4.78. The summed E-state index contributed by atoms with van der Waals surface area (Å²) in [5, 5.41) is 22.6. The maximum absolute atomic E-state index is 10.5. The minimum atomic E-state index is -0.936. The molecule has 0 bridgehead atoms. The number of methoxy groups -OCH3 is 3. The molecule has 0 aliphatic heterocycles. The van der Waals surface area contributed by atoms with Crippen LogP contribution in [0.2, 0.25) is 0 Å². The number of aliphatic hydroxyl groups is 2. The van der Waals surface area contributed by atoms with E-state index < -0.39 is 11.7 Å². The summed E-state index contributed by atoms with van der Waals surface area (Å²) in [5.41, 5.74) is 0.678. The van der Waals surface area contributed by atoms with E-state index in [4.69, 9.17) is 14.2 Å². The monoisotopic (exact) mass is 318 g/mol. The first-order chi connectivity index (χ1) is 10.9. The lowest BCUT2D eigenvalue weighted by atomic mass is 9.78. The van der Waals surface area contributed by atoms with Crippen molar-refractivity contribution in [2.45, 2.75) is 31.5 Å². The van der Waals surface area contributed by atoms with E-state index in [0.29, 0.717) is 23.7 Å². The molecule has 2 atom stereocenters. The minimum absolute atomic E-state index is 0.278. The van der Waals surface area contributed by atoms with Crippen molar-refractivity contribution in [1.82, 2.24) is 0 Å². The van der Waals surface area contributed by atoms with Crippen molar-refractivity contribution in [2.24, 2.45) is 0 Å². The first-order valence-corrected chi connectivity index (χ1v) is 7.56. The molecule has 1 aliphatic carbocycles. The van der Waals surface area contributed by atoms with Gasteiger partial charge in [0, 0.05) is 24.5 Å². The predicted octanol–water partition coefficient (Wildman–Crippen LogP) is 2.60. The normalized spacial score (nSPS) is 23.5. The van der Waals surface area contributed by atoms with Gasteiger partial charge in [-0.2, -0.15) is 0 Å². The molecule has 0 heterocycles. The van der Waals surface area contributed by atoms with E-state index in [9.17, 15) is 10.2 Å². The number of aliphatic hydroxyl groups excluding tert-OH is 1. The second-order valence-corrected chi connectivity index (χ2v) is 6.30. The Hall–Kier alpha value is -1.98. The van der Waals surface area contributed by atoms with Crippen LogP contribution < -0.4 is 14.2 Å². The zero-order chi connectivity index (χ0) is 16.8. The number of ether oxygens (including phenoxy) is 3. The maximum Gasteiger partial charge on any atom is 0.136 e. The minimum Gasteiger partial charge on any atom is -0.497 e. The summed E-state index contributed by atoms with van der Waals surface area (Å²) >= 11 is 0. The molecule has 0 saturated heterocycles. The van der Waals surface area contributed by atoms with E-state index in [0.717, 1.165) is 21.9 Å². The highest BCUT2D eigenvalue weighted by molar-refractivity contribution is 5.97. The Balaban J connectivity index is 2.36. The summed E-state index contributed by atoms with van der Waals surface area (Å²) in [6, 6.07) is 5.66. The molecule has 1 aliphatic rings. The van der Waals surface area contributed by atoms with Gasteiger partial charge in [0.05, 0.1) is 38.4 Å². The summed E-state index contributed by atoms with van der Waals surface area (Å²) in [6.45, 7) is 1.74. The highest BCUT2D eigenvalue weighted by Gasteiger charge is 2.36. The van der Waals surface area contributed by atoms with Crippen LogP contribution in [0.5, 0.6) is 17.2 Å². The molecule has 2 N–H and O–H groups in total. The van der Waals surface area contributed by atoms with Gasteiger partial charge >= 0.3 is 0 Å². The van der Waals surface area contributed by atoms with Crippen molar-refractivity contribution < 1.29 is 24.4 Å². The van der Waals surface area contributed by atoms with Crippen LogP contribution in [-0.2, 0) is 6.42 Å². The van der Waals surface area contributed by atoms with Crippen LogP contribution in [0.4, 0.5) is 0 Å².